The first kappa shape index (κ1) is 25.9. The molecule has 0 bridgehead atoms. The predicted octanol–water partition coefficient (Wildman–Crippen LogP) is 9.94. The summed E-state index contributed by atoms with van der Waals surface area (Å²) in [4.78, 5) is 0. The third-order valence-electron chi connectivity index (χ3n) is 8.62. The number of ether oxygens (including phenoxy) is 2. The maximum Gasteiger partial charge on any atom is 0.173 e. The number of hydrogen-bond donors (Lipinski definition) is 0. The highest BCUT2D eigenvalue weighted by Gasteiger charge is 2.32. The van der Waals surface area contributed by atoms with Gasteiger partial charge in [0.05, 0.1) is 0 Å². The molecule has 0 saturated heterocycles. The van der Waals surface area contributed by atoms with Crippen molar-refractivity contribution in [3.8, 4) is 34.1 Å². The Morgan fingerprint density at radius 3 is 1.78 bits per heavy atom. The molecule has 0 saturated carbocycles. The van der Waals surface area contributed by atoms with Crippen LogP contribution in [0.15, 0.2) is 156 Å². The molecule has 7 aromatic carbocycles. The zero-order chi connectivity index (χ0) is 30.0. The molecule has 45 heavy (non-hydrogen) atoms. The summed E-state index contributed by atoms with van der Waals surface area (Å²) in [7, 11) is -3.17. The van der Waals surface area contributed by atoms with Crippen LogP contribution in [0.5, 0.6) is 23.0 Å². The number of fused-ring (bicyclic) bond motifs is 6. The maximum absolute atomic E-state index is 15.3. The molecular weight excluding hydrogens is 575 g/mol. The summed E-state index contributed by atoms with van der Waals surface area (Å²) in [6.45, 7) is 0. The summed E-state index contributed by atoms with van der Waals surface area (Å²) in [6, 6.07) is 49.8. The molecule has 0 aliphatic carbocycles. The highest BCUT2D eigenvalue weighted by molar-refractivity contribution is 7.85. The molecule has 1 aliphatic rings. The van der Waals surface area contributed by atoms with Gasteiger partial charge in [-0.3, -0.25) is 0 Å². The van der Waals surface area contributed by atoms with E-state index in [1.807, 2.05) is 133 Å². The molecule has 5 heteroatoms. The van der Waals surface area contributed by atoms with Crippen molar-refractivity contribution >= 4 is 55.8 Å². The lowest BCUT2D eigenvalue weighted by Gasteiger charge is -2.23. The lowest BCUT2D eigenvalue weighted by atomic mass is 9.98. The fraction of sp³-hybridized carbons (Fsp3) is 0. The Morgan fingerprint density at radius 2 is 1.02 bits per heavy atom. The molecule has 0 amide bonds. The minimum absolute atomic E-state index is 0.609. The van der Waals surface area contributed by atoms with Crippen molar-refractivity contribution < 1.29 is 18.5 Å². The minimum Gasteiger partial charge on any atom is -0.456 e. The highest BCUT2D eigenvalue weighted by Crippen LogP contribution is 2.50. The van der Waals surface area contributed by atoms with Crippen LogP contribution in [0.1, 0.15) is 0 Å². The normalized spacial score (nSPS) is 12.4. The van der Waals surface area contributed by atoms with Crippen LogP contribution in [0.2, 0.25) is 0 Å². The van der Waals surface area contributed by atoms with E-state index >= 15 is 4.57 Å². The van der Waals surface area contributed by atoms with Gasteiger partial charge in [-0.2, -0.15) is 0 Å². The van der Waals surface area contributed by atoms with Gasteiger partial charge < -0.3 is 18.5 Å². The molecule has 214 valence electrons. The van der Waals surface area contributed by atoms with Crippen LogP contribution < -0.4 is 25.4 Å². The van der Waals surface area contributed by atoms with Crippen LogP contribution in [0.3, 0.4) is 0 Å². The molecule has 9 rings (SSSR count). The lowest BCUT2D eigenvalue weighted by molar-refractivity contribution is 0.360. The molecule has 0 N–H and O–H groups in total. The van der Waals surface area contributed by atoms with Crippen molar-refractivity contribution in [3.63, 3.8) is 0 Å². The topological polar surface area (TPSA) is 48.7 Å². The first-order valence-corrected chi connectivity index (χ1v) is 16.6. The van der Waals surface area contributed by atoms with Crippen molar-refractivity contribution in [2.24, 2.45) is 0 Å². The Bertz CT molecular complexity index is 2420. The van der Waals surface area contributed by atoms with Gasteiger partial charge in [0, 0.05) is 32.8 Å². The quantitative estimate of drug-likeness (QED) is 0.189. The Hall–Kier alpha value is -5.57. The van der Waals surface area contributed by atoms with E-state index < -0.39 is 7.14 Å². The van der Waals surface area contributed by atoms with Crippen molar-refractivity contribution in [3.05, 3.63) is 152 Å². The van der Waals surface area contributed by atoms with Crippen molar-refractivity contribution in [1.82, 2.24) is 0 Å². The number of benzene rings is 7. The summed E-state index contributed by atoms with van der Waals surface area (Å²) >= 11 is 0. The molecule has 8 aromatic rings. The second kappa shape index (κ2) is 9.99. The summed E-state index contributed by atoms with van der Waals surface area (Å²) in [5.41, 5.74) is 3.57. The Balaban J connectivity index is 1.16. The molecule has 0 fully saturated rings. The van der Waals surface area contributed by atoms with Gasteiger partial charge >= 0.3 is 0 Å². The van der Waals surface area contributed by atoms with E-state index in [1.54, 1.807) is 0 Å². The minimum atomic E-state index is -3.17. The third kappa shape index (κ3) is 4.03. The van der Waals surface area contributed by atoms with Gasteiger partial charge in [-0.15, -0.1) is 0 Å². The summed E-state index contributed by atoms with van der Waals surface area (Å²) in [5.74, 6) is 2.54. The zero-order valence-corrected chi connectivity index (χ0v) is 24.9. The maximum atomic E-state index is 15.3. The molecule has 0 unspecified atom stereocenters. The van der Waals surface area contributed by atoms with Crippen LogP contribution in [-0.2, 0) is 4.57 Å². The van der Waals surface area contributed by atoms with Gasteiger partial charge in [0.15, 0.2) is 30.1 Å². The molecule has 1 aromatic heterocycles. The zero-order valence-electron chi connectivity index (χ0n) is 24.0. The summed E-state index contributed by atoms with van der Waals surface area (Å²) < 4.78 is 34.1. The summed E-state index contributed by atoms with van der Waals surface area (Å²) in [6.07, 6.45) is 0. The van der Waals surface area contributed by atoms with Crippen LogP contribution >= 0.6 is 7.14 Å². The first-order valence-electron chi connectivity index (χ1n) is 14.9. The number of furan rings is 1. The molecule has 0 radical (unpaired) electrons. The predicted molar refractivity (Wildman–Crippen MR) is 183 cm³/mol. The van der Waals surface area contributed by atoms with Crippen LogP contribution in [0, 0.1) is 0 Å². The highest BCUT2D eigenvalue weighted by atomic mass is 31.2. The monoisotopic (exact) mass is 600 g/mol. The Kier molecular flexibility index (Phi) is 5.74. The largest absolute Gasteiger partial charge is 0.456 e. The van der Waals surface area contributed by atoms with Crippen LogP contribution in [0.4, 0.5) is 0 Å². The summed E-state index contributed by atoms with van der Waals surface area (Å²) in [5, 5.41) is 6.45. The van der Waals surface area contributed by atoms with E-state index in [4.69, 9.17) is 13.9 Å². The van der Waals surface area contributed by atoms with Gasteiger partial charge in [0.1, 0.15) is 11.2 Å². The van der Waals surface area contributed by atoms with E-state index in [2.05, 4.69) is 18.2 Å². The molecule has 0 spiro atoms. The number of para-hydroxylation sites is 1. The van der Waals surface area contributed by atoms with E-state index in [1.165, 1.54) is 0 Å². The SMILES string of the molecule is O=P(c1ccccc1)(c1ccccc1)c1ccc(-c2ccc3c(c2)Oc2cc4oc5ccccc5c4cc2O3)c2ccccc12. The molecule has 4 nitrogen and oxygen atoms in total. The second-order valence-electron chi connectivity index (χ2n) is 11.2. The third-order valence-corrected chi connectivity index (χ3v) is 11.7. The van der Waals surface area contributed by atoms with Crippen LogP contribution in [-0.4, -0.2) is 0 Å². The van der Waals surface area contributed by atoms with Crippen molar-refractivity contribution in [2.45, 2.75) is 0 Å². The van der Waals surface area contributed by atoms with Crippen molar-refractivity contribution in [1.29, 1.82) is 0 Å². The average Bonchev–Trinajstić information content (AvgIpc) is 3.46. The lowest BCUT2D eigenvalue weighted by Crippen LogP contribution is -2.25. The van der Waals surface area contributed by atoms with Gasteiger partial charge in [0.2, 0.25) is 0 Å². The van der Waals surface area contributed by atoms with E-state index in [0.717, 1.165) is 59.8 Å². The Labute approximate surface area is 259 Å². The average molecular weight is 601 g/mol. The van der Waals surface area contributed by atoms with Crippen LogP contribution in [0.25, 0.3) is 43.8 Å². The molecule has 1 aliphatic heterocycles. The molecule has 2 heterocycles. The number of hydrogen-bond acceptors (Lipinski definition) is 4. The van der Waals surface area contributed by atoms with Gasteiger partial charge in [0.25, 0.3) is 0 Å². The van der Waals surface area contributed by atoms with Gasteiger partial charge in [-0.25, -0.2) is 0 Å². The standard InChI is InChI=1S/C40H25O4P/c41-45(27-11-3-1-4-12-27,28-13-5-2-6-14-28)40-22-20-29(30-15-7-8-17-32(30)40)26-19-21-35-37(23-26)44-39-25-36-33(24-38(39)43-35)31-16-9-10-18-34(31)42-36/h1-25H. The molecule has 0 atom stereocenters. The van der Waals surface area contributed by atoms with Crippen molar-refractivity contribution in [2.75, 3.05) is 0 Å². The fourth-order valence-electron chi connectivity index (χ4n) is 6.48. The van der Waals surface area contributed by atoms with E-state index in [0.29, 0.717) is 23.0 Å². The first-order chi connectivity index (χ1) is 22.2. The van der Waals surface area contributed by atoms with E-state index in [9.17, 15) is 0 Å². The van der Waals surface area contributed by atoms with Gasteiger partial charge in [-0.1, -0.05) is 115 Å². The van der Waals surface area contributed by atoms with Gasteiger partial charge in [-0.05, 0) is 52.2 Å². The smallest absolute Gasteiger partial charge is 0.173 e. The molecular formula is C40H25O4P. The Morgan fingerprint density at radius 1 is 0.422 bits per heavy atom. The van der Waals surface area contributed by atoms with E-state index in [-0.39, 0.29) is 0 Å². The fourth-order valence-corrected chi connectivity index (χ4v) is 9.34. The number of rotatable bonds is 4. The second-order valence-corrected chi connectivity index (χ2v) is 14.0.